The zero-order valence-electron chi connectivity index (χ0n) is 17.6. The van der Waals surface area contributed by atoms with Gasteiger partial charge in [0.25, 0.3) is 5.91 Å². The Morgan fingerprint density at radius 1 is 0.970 bits per heavy atom. The summed E-state index contributed by atoms with van der Waals surface area (Å²) in [6, 6.07) is 22.6. The minimum atomic E-state index is -0.431. The van der Waals surface area contributed by atoms with Crippen LogP contribution in [0.3, 0.4) is 0 Å². The van der Waals surface area contributed by atoms with E-state index in [0.29, 0.717) is 18.7 Å². The molecule has 7 heteroatoms. The first-order valence-electron chi connectivity index (χ1n) is 10.3. The second-order valence-electron chi connectivity index (χ2n) is 7.45. The van der Waals surface area contributed by atoms with Crippen molar-refractivity contribution in [1.29, 1.82) is 0 Å². The molecule has 0 saturated heterocycles. The van der Waals surface area contributed by atoms with Crippen LogP contribution in [0.25, 0.3) is 10.8 Å². The standard InChI is InChI=1S/C26H21ClFN3O2/c27-24-13-18(9-12-25(24)32)26(33)31-30-16-20-8-7-19(22-3-1-2-4-23(20)22)15-29-14-17-5-10-21(28)11-6-17/h1-13,16,29,32H,14-15H2,(H,31,33)/b30-16+. The summed E-state index contributed by atoms with van der Waals surface area (Å²) >= 11 is 5.86. The lowest BCUT2D eigenvalue weighted by atomic mass is 10.00. The lowest BCUT2D eigenvalue weighted by Gasteiger charge is -2.11. The number of hydrogen-bond donors (Lipinski definition) is 3. The number of halogens is 2. The van der Waals surface area contributed by atoms with Crippen LogP contribution in [0.4, 0.5) is 4.39 Å². The minimum absolute atomic E-state index is 0.0876. The number of phenolic OH excluding ortho intramolecular Hbond substituents is 1. The molecule has 33 heavy (non-hydrogen) atoms. The van der Waals surface area contributed by atoms with Crippen molar-refractivity contribution in [3.05, 3.63) is 112 Å². The molecule has 4 aromatic rings. The van der Waals surface area contributed by atoms with Gasteiger partial charge in [-0.05, 0) is 52.2 Å². The topological polar surface area (TPSA) is 73.7 Å². The Balaban J connectivity index is 1.45. The summed E-state index contributed by atoms with van der Waals surface area (Å²) in [6.45, 7) is 1.28. The number of aromatic hydroxyl groups is 1. The number of nitrogens with zero attached hydrogens (tertiary/aromatic N) is 1. The molecule has 4 rings (SSSR count). The molecule has 3 N–H and O–H groups in total. The predicted molar refractivity (Wildman–Crippen MR) is 129 cm³/mol. The molecule has 0 radical (unpaired) electrons. The minimum Gasteiger partial charge on any atom is -0.506 e. The fraction of sp³-hybridized carbons (Fsp3) is 0.0769. The lowest BCUT2D eigenvalue weighted by molar-refractivity contribution is 0.0955. The van der Waals surface area contributed by atoms with E-state index in [1.807, 2.05) is 36.4 Å². The third-order valence-corrected chi connectivity index (χ3v) is 5.49. The van der Waals surface area contributed by atoms with Crippen molar-refractivity contribution in [2.75, 3.05) is 0 Å². The SMILES string of the molecule is O=C(N/N=C/c1ccc(CNCc2ccc(F)cc2)c2ccccc12)c1ccc(O)c(Cl)c1. The van der Waals surface area contributed by atoms with Gasteiger partial charge in [-0.3, -0.25) is 4.79 Å². The van der Waals surface area contributed by atoms with E-state index in [2.05, 4.69) is 15.8 Å². The van der Waals surface area contributed by atoms with E-state index >= 15 is 0 Å². The van der Waals surface area contributed by atoms with Crippen molar-refractivity contribution >= 4 is 34.5 Å². The molecular weight excluding hydrogens is 441 g/mol. The average Bonchev–Trinajstić information content (AvgIpc) is 2.83. The summed E-state index contributed by atoms with van der Waals surface area (Å²) < 4.78 is 13.1. The van der Waals surface area contributed by atoms with Gasteiger partial charge in [0.05, 0.1) is 11.2 Å². The molecule has 0 heterocycles. The van der Waals surface area contributed by atoms with Crippen molar-refractivity contribution in [2.45, 2.75) is 13.1 Å². The normalized spacial score (nSPS) is 11.2. The van der Waals surface area contributed by atoms with Crippen LogP contribution in [0, 0.1) is 5.82 Å². The zero-order chi connectivity index (χ0) is 23.2. The summed E-state index contributed by atoms with van der Waals surface area (Å²) in [5.74, 6) is -0.764. The van der Waals surface area contributed by atoms with E-state index in [9.17, 15) is 14.3 Å². The fourth-order valence-corrected chi connectivity index (χ4v) is 3.65. The first kappa shape index (κ1) is 22.5. The van der Waals surface area contributed by atoms with Crippen LogP contribution in [-0.4, -0.2) is 17.2 Å². The molecule has 0 spiro atoms. The Labute approximate surface area is 195 Å². The Kier molecular flexibility index (Phi) is 6.98. The van der Waals surface area contributed by atoms with Crippen LogP contribution in [0.5, 0.6) is 5.75 Å². The summed E-state index contributed by atoms with van der Waals surface area (Å²) in [6.07, 6.45) is 1.60. The van der Waals surface area contributed by atoms with Crippen molar-refractivity contribution in [3.8, 4) is 5.75 Å². The first-order chi connectivity index (χ1) is 16.0. The van der Waals surface area contributed by atoms with Crippen LogP contribution in [0.15, 0.2) is 84.0 Å². The van der Waals surface area contributed by atoms with E-state index in [1.165, 1.54) is 30.3 Å². The molecule has 0 atom stereocenters. The predicted octanol–water partition coefficient (Wildman–Crippen LogP) is 5.39. The van der Waals surface area contributed by atoms with Crippen molar-refractivity contribution in [1.82, 2.24) is 10.7 Å². The number of benzene rings is 4. The van der Waals surface area contributed by atoms with Gasteiger partial charge >= 0.3 is 0 Å². The van der Waals surface area contributed by atoms with Crippen molar-refractivity contribution in [2.24, 2.45) is 5.10 Å². The van der Waals surface area contributed by atoms with Crippen molar-refractivity contribution < 1.29 is 14.3 Å². The first-order valence-corrected chi connectivity index (χ1v) is 10.7. The quantitative estimate of drug-likeness (QED) is 0.255. The van der Waals surface area contributed by atoms with E-state index < -0.39 is 5.91 Å². The molecule has 5 nitrogen and oxygen atoms in total. The Morgan fingerprint density at radius 3 is 2.48 bits per heavy atom. The van der Waals surface area contributed by atoms with Gasteiger partial charge in [-0.2, -0.15) is 5.10 Å². The molecule has 0 aliphatic carbocycles. The maximum atomic E-state index is 13.1. The highest BCUT2D eigenvalue weighted by atomic mass is 35.5. The third kappa shape index (κ3) is 5.55. The number of hydrazone groups is 1. The highest BCUT2D eigenvalue weighted by Gasteiger charge is 2.08. The zero-order valence-corrected chi connectivity index (χ0v) is 18.3. The highest BCUT2D eigenvalue weighted by Crippen LogP contribution is 2.24. The number of nitrogens with one attached hydrogen (secondary N) is 2. The van der Waals surface area contributed by atoms with Gasteiger partial charge in [0, 0.05) is 24.2 Å². The molecule has 0 aliphatic rings. The molecule has 0 aliphatic heterocycles. The second-order valence-corrected chi connectivity index (χ2v) is 7.86. The largest absolute Gasteiger partial charge is 0.506 e. The van der Waals surface area contributed by atoms with Crippen LogP contribution in [0.2, 0.25) is 5.02 Å². The van der Waals surface area contributed by atoms with Gasteiger partial charge in [0.15, 0.2) is 0 Å². The van der Waals surface area contributed by atoms with Gasteiger partial charge in [0.2, 0.25) is 0 Å². The monoisotopic (exact) mass is 461 g/mol. The maximum absolute atomic E-state index is 13.1. The number of hydrogen-bond acceptors (Lipinski definition) is 4. The van der Waals surface area contributed by atoms with E-state index in [4.69, 9.17) is 11.6 Å². The molecular formula is C26H21ClFN3O2. The van der Waals surface area contributed by atoms with Gasteiger partial charge in [-0.15, -0.1) is 0 Å². The van der Waals surface area contributed by atoms with Crippen LogP contribution >= 0.6 is 11.6 Å². The van der Waals surface area contributed by atoms with Gasteiger partial charge < -0.3 is 10.4 Å². The number of carbonyl (C=O) groups is 1. The molecule has 0 saturated carbocycles. The summed E-state index contributed by atoms with van der Waals surface area (Å²) in [5, 5.41) is 19.1. The van der Waals surface area contributed by atoms with E-state index in [1.54, 1.807) is 18.3 Å². The number of amides is 1. The lowest BCUT2D eigenvalue weighted by Crippen LogP contribution is -2.17. The van der Waals surface area contributed by atoms with E-state index in [0.717, 1.165) is 27.5 Å². The van der Waals surface area contributed by atoms with Gasteiger partial charge in [-0.25, -0.2) is 9.82 Å². The molecule has 1 amide bonds. The molecule has 0 fully saturated rings. The Bertz CT molecular complexity index is 1320. The van der Waals surface area contributed by atoms with Crippen LogP contribution in [-0.2, 0) is 13.1 Å². The molecule has 4 aromatic carbocycles. The van der Waals surface area contributed by atoms with Crippen LogP contribution in [0.1, 0.15) is 27.0 Å². The fourth-order valence-electron chi connectivity index (χ4n) is 3.47. The Morgan fingerprint density at radius 2 is 1.73 bits per heavy atom. The number of fused-ring (bicyclic) bond motifs is 1. The number of carbonyl (C=O) groups excluding carboxylic acids is 1. The molecule has 0 unspecified atom stereocenters. The summed E-state index contributed by atoms with van der Waals surface area (Å²) in [5.41, 5.74) is 5.76. The Hall–Kier alpha value is -3.74. The van der Waals surface area contributed by atoms with Crippen LogP contribution < -0.4 is 10.7 Å². The van der Waals surface area contributed by atoms with Gasteiger partial charge in [-0.1, -0.05) is 60.1 Å². The number of phenols is 1. The molecule has 0 bridgehead atoms. The number of rotatable bonds is 7. The molecule has 0 aromatic heterocycles. The summed E-state index contributed by atoms with van der Waals surface area (Å²) in [7, 11) is 0. The highest BCUT2D eigenvalue weighted by molar-refractivity contribution is 6.32. The summed E-state index contributed by atoms with van der Waals surface area (Å²) in [4.78, 5) is 12.3. The second kappa shape index (κ2) is 10.3. The molecule has 166 valence electrons. The van der Waals surface area contributed by atoms with Crippen molar-refractivity contribution in [3.63, 3.8) is 0 Å². The third-order valence-electron chi connectivity index (χ3n) is 5.19. The van der Waals surface area contributed by atoms with E-state index in [-0.39, 0.29) is 16.6 Å². The maximum Gasteiger partial charge on any atom is 0.271 e. The average molecular weight is 462 g/mol. The smallest absolute Gasteiger partial charge is 0.271 e. The van der Waals surface area contributed by atoms with Gasteiger partial charge in [0.1, 0.15) is 11.6 Å².